The van der Waals surface area contributed by atoms with E-state index < -0.39 is 10.0 Å². The van der Waals surface area contributed by atoms with Crippen LogP contribution in [-0.2, 0) is 16.6 Å². The minimum absolute atomic E-state index is 0.122. The van der Waals surface area contributed by atoms with Gasteiger partial charge in [-0.3, -0.25) is 0 Å². The fourth-order valence-corrected chi connectivity index (χ4v) is 3.82. The summed E-state index contributed by atoms with van der Waals surface area (Å²) < 4.78 is 38.4. The molecule has 0 unspecified atom stereocenters. The predicted octanol–water partition coefficient (Wildman–Crippen LogP) is 2.84. The quantitative estimate of drug-likeness (QED) is 0.714. The number of nitrogens with zero attached hydrogens (tertiary/aromatic N) is 2. The van der Waals surface area contributed by atoms with E-state index in [1.807, 2.05) is 18.2 Å². The van der Waals surface area contributed by atoms with Gasteiger partial charge in [-0.05, 0) is 24.6 Å². The van der Waals surface area contributed by atoms with Crippen LogP contribution in [0.15, 0.2) is 51.9 Å². The Balaban J connectivity index is 1.89. The lowest BCUT2D eigenvalue weighted by Crippen LogP contribution is -2.24. The molecule has 0 aliphatic heterocycles. The van der Waals surface area contributed by atoms with Gasteiger partial charge in [0.05, 0.1) is 12.0 Å². The van der Waals surface area contributed by atoms with E-state index in [-0.39, 0.29) is 11.4 Å². The molecular formula is C18H19N3O4S. The molecule has 136 valence electrons. The molecule has 0 spiro atoms. The Labute approximate surface area is 152 Å². The van der Waals surface area contributed by atoms with Crippen LogP contribution in [0.4, 0.5) is 0 Å². The largest absolute Gasteiger partial charge is 0.496 e. The fourth-order valence-electron chi connectivity index (χ4n) is 2.54. The first-order chi connectivity index (χ1) is 12.4. The van der Waals surface area contributed by atoms with Gasteiger partial charge in [0.15, 0.2) is 0 Å². The topological polar surface area (TPSA) is 94.3 Å². The molecule has 2 aromatic carbocycles. The molecular weight excluding hydrogens is 354 g/mol. The van der Waals surface area contributed by atoms with Crippen molar-refractivity contribution in [3.8, 4) is 17.1 Å². The molecule has 0 aliphatic rings. The van der Waals surface area contributed by atoms with Crippen molar-refractivity contribution in [3.05, 3.63) is 59.5 Å². The molecule has 0 radical (unpaired) electrons. The number of benzene rings is 2. The van der Waals surface area contributed by atoms with Crippen LogP contribution in [0, 0.1) is 13.8 Å². The number of hydrogen-bond donors (Lipinski definition) is 1. The molecule has 1 heterocycles. The zero-order chi connectivity index (χ0) is 18.7. The molecule has 3 aromatic rings. The number of aromatic nitrogens is 2. The van der Waals surface area contributed by atoms with Crippen LogP contribution >= 0.6 is 0 Å². The van der Waals surface area contributed by atoms with Crippen molar-refractivity contribution in [1.82, 2.24) is 14.9 Å². The third kappa shape index (κ3) is 3.76. The van der Waals surface area contributed by atoms with Gasteiger partial charge in [-0.1, -0.05) is 35.5 Å². The van der Waals surface area contributed by atoms with Crippen LogP contribution in [0.1, 0.15) is 17.0 Å². The lowest BCUT2D eigenvalue weighted by Gasteiger charge is -2.12. The Morgan fingerprint density at radius 1 is 1.15 bits per heavy atom. The third-order valence-electron chi connectivity index (χ3n) is 3.91. The molecule has 8 heteroatoms. The fraction of sp³-hybridized carbons (Fsp3) is 0.222. The summed E-state index contributed by atoms with van der Waals surface area (Å²) in [6.45, 7) is 3.54. The monoisotopic (exact) mass is 373 g/mol. The van der Waals surface area contributed by atoms with Crippen molar-refractivity contribution in [3.63, 3.8) is 0 Å². The number of para-hydroxylation sites is 1. The Morgan fingerprint density at radius 2 is 1.92 bits per heavy atom. The molecule has 1 aromatic heterocycles. The van der Waals surface area contributed by atoms with Gasteiger partial charge in [0, 0.05) is 24.6 Å². The highest BCUT2D eigenvalue weighted by atomic mass is 32.2. The summed E-state index contributed by atoms with van der Waals surface area (Å²) in [4.78, 5) is 4.31. The molecule has 0 bridgehead atoms. The average Bonchev–Trinajstić information content (AvgIpc) is 3.07. The van der Waals surface area contributed by atoms with Crippen LogP contribution in [0.25, 0.3) is 11.4 Å². The molecule has 0 atom stereocenters. The first-order valence-corrected chi connectivity index (χ1v) is 9.42. The zero-order valence-electron chi connectivity index (χ0n) is 14.7. The number of ether oxygens (including phenoxy) is 1. The zero-order valence-corrected chi connectivity index (χ0v) is 15.5. The molecule has 0 saturated carbocycles. The van der Waals surface area contributed by atoms with Crippen LogP contribution in [0.3, 0.4) is 0 Å². The van der Waals surface area contributed by atoms with E-state index in [9.17, 15) is 8.42 Å². The third-order valence-corrected chi connectivity index (χ3v) is 5.45. The van der Waals surface area contributed by atoms with E-state index >= 15 is 0 Å². The highest BCUT2D eigenvalue weighted by molar-refractivity contribution is 7.89. The number of methoxy groups -OCH3 is 1. The maximum atomic E-state index is 12.8. The number of aryl methyl sites for hydroxylation is 2. The molecule has 26 heavy (non-hydrogen) atoms. The summed E-state index contributed by atoms with van der Waals surface area (Å²) in [6, 6.07) is 12.3. The van der Waals surface area contributed by atoms with Gasteiger partial charge >= 0.3 is 0 Å². The molecule has 0 aliphatic carbocycles. The van der Waals surface area contributed by atoms with Crippen LogP contribution in [0.5, 0.6) is 5.75 Å². The normalized spacial score (nSPS) is 11.5. The first-order valence-electron chi connectivity index (χ1n) is 7.93. The van der Waals surface area contributed by atoms with Gasteiger partial charge in [-0.2, -0.15) is 4.98 Å². The van der Waals surface area contributed by atoms with Gasteiger partial charge in [-0.15, -0.1) is 0 Å². The van der Waals surface area contributed by atoms with E-state index in [0.29, 0.717) is 28.6 Å². The number of rotatable bonds is 6. The second kappa shape index (κ2) is 7.27. The highest BCUT2D eigenvalue weighted by Crippen LogP contribution is 2.24. The first kappa shape index (κ1) is 18.1. The second-order valence-electron chi connectivity index (χ2n) is 5.75. The Morgan fingerprint density at radius 3 is 2.62 bits per heavy atom. The van der Waals surface area contributed by atoms with E-state index in [1.54, 1.807) is 45.2 Å². The average molecular weight is 373 g/mol. The van der Waals surface area contributed by atoms with E-state index in [2.05, 4.69) is 14.9 Å². The van der Waals surface area contributed by atoms with Gasteiger partial charge in [0.25, 0.3) is 0 Å². The Hall–Kier alpha value is -2.71. The van der Waals surface area contributed by atoms with Gasteiger partial charge in [-0.25, -0.2) is 13.1 Å². The molecule has 3 rings (SSSR count). The molecule has 0 fully saturated rings. The maximum absolute atomic E-state index is 12.8. The SMILES string of the molecule is COc1ccccc1CNS(=O)(=O)c1cc(-c2noc(C)n2)ccc1C. The van der Waals surface area contributed by atoms with Gasteiger partial charge < -0.3 is 9.26 Å². The maximum Gasteiger partial charge on any atom is 0.241 e. The summed E-state index contributed by atoms with van der Waals surface area (Å²) in [7, 11) is -2.18. The molecule has 1 N–H and O–H groups in total. The van der Waals surface area contributed by atoms with Gasteiger partial charge in [0.1, 0.15) is 5.75 Å². The van der Waals surface area contributed by atoms with Gasteiger partial charge in [0.2, 0.25) is 21.7 Å². The van der Waals surface area contributed by atoms with Crippen molar-refractivity contribution in [2.24, 2.45) is 0 Å². The minimum Gasteiger partial charge on any atom is -0.496 e. The molecule has 7 nitrogen and oxygen atoms in total. The van der Waals surface area contributed by atoms with Crippen molar-refractivity contribution < 1.29 is 17.7 Å². The van der Waals surface area contributed by atoms with Crippen molar-refractivity contribution in [1.29, 1.82) is 0 Å². The Kier molecular flexibility index (Phi) is 5.06. The molecule has 0 saturated heterocycles. The van der Waals surface area contributed by atoms with Crippen molar-refractivity contribution in [2.75, 3.05) is 7.11 Å². The predicted molar refractivity (Wildman–Crippen MR) is 96.2 cm³/mol. The van der Waals surface area contributed by atoms with Crippen molar-refractivity contribution in [2.45, 2.75) is 25.3 Å². The van der Waals surface area contributed by atoms with Crippen molar-refractivity contribution >= 4 is 10.0 Å². The van der Waals surface area contributed by atoms with E-state index in [0.717, 1.165) is 5.56 Å². The molecule has 0 amide bonds. The summed E-state index contributed by atoms with van der Waals surface area (Å²) >= 11 is 0. The lowest BCUT2D eigenvalue weighted by molar-refractivity contribution is 0.394. The summed E-state index contributed by atoms with van der Waals surface area (Å²) in [6.07, 6.45) is 0. The van der Waals surface area contributed by atoms with E-state index in [4.69, 9.17) is 9.26 Å². The van der Waals surface area contributed by atoms with Crippen LogP contribution in [0.2, 0.25) is 0 Å². The number of hydrogen-bond acceptors (Lipinski definition) is 6. The lowest BCUT2D eigenvalue weighted by atomic mass is 10.1. The summed E-state index contributed by atoms with van der Waals surface area (Å²) in [5.41, 5.74) is 1.95. The van der Waals surface area contributed by atoms with E-state index in [1.165, 1.54) is 0 Å². The minimum atomic E-state index is -3.73. The smallest absolute Gasteiger partial charge is 0.241 e. The number of sulfonamides is 1. The number of nitrogens with one attached hydrogen (secondary N) is 1. The van der Waals surface area contributed by atoms with Crippen LogP contribution < -0.4 is 9.46 Å². The highest BCUT2D eigenvalue weighted by Gasteiger charge is 2.19. The van der Waals surface area contributed by atoms with Crippen LogP contribution in [-0.4, -0.2) is 25.7 Å². The standard InChI is InChI=1S/C18H19N3O4S/c1-12-8-9-14(18-20-13(2)25-21-18)10-17(12)26(22,23)19-11-15-6-4-5-7-16(15)24-3/h4-10,19H,11H2,1-3H3. The summed E-state index contributed by atoms with van der Waals surface area (Å²) in [5, 5.41) is 3.84. The second-order valence-corrected chi connectivity index (χ2v) is 7.49. The Bertz CT molecular complexity index is 1030. The summed E-state index contributed by atoms with van der Waals surface area (Å²) in [5.74, 6) is 1.39.